The lowest BCUT2D eigenvalue weighted by molar-refractivity contribution is 0.109. The van der Waals surface area contributed by atoms with E-state index in [1.165, 1.54) is 0 Å². The molecule has 10 heavy (non-hydrogen) atoms. The first-order valence-corrected chi connectivity index (χ1v) is 4.14. The van der Waals surface area contributed by atoms with Crippen molar-refractivity contribution in [3.05, 3.63) is 0 Å². The fourth-order valence-corrected chi connectivity index (χ4v) is 0.625. The molecular formula is C9H20O. The lowest BCUT2D eigenvalue weighted by atomic mass is 9.93. The largest absolute Gasteiger partial charge is 0.381 e. The Balaban J connectivity index is 3.04. The van der Waals surface area contributed by atoms with Gasteiger partial charge in [-0.3, -0.25) is 0 Å². The molecule has 0 aliphatic carbocycles. The highest BCUT2D eigenvalue weighted by Gasteiger charge is 2.08. The van der Waals surface area contributed by atoms with E-state index in [1.807, 2.05) is 0 Å². The lowest BCUT2D eigenvalue weighted by Gasteiger charge is -2.17. The fraction of sp³-hybridized carbons (Fsp3) is 1.00. The van der Waals surface area contributed by atoms with Gasteiger partial charge in [0.1, 0.15) is 0 Å². The lowest BCUT2D eigenvalue weighted by Crippen LogP contribution is -2.09. The molecule has 62 valence electrons. The van der Waals surface area contributed by atoms with Crippen LogP contribution in [0.1, 0.15) is 40.5 Å². The van der Waals surface area contributed by atoms with Gasteiger partial charge < -0.3 is 4.74 Å². The molecule has 0 saturated heterocycles. The Labute approximate surface area is 64.8 Å². The molecule has 0 bridgehead atoms. The zero-order valence-corrected chi connectivity index (χ0v) is 7.74. The minimum Gasteiger partial charge on any atom is -0.381 e. The SMILES string of the molecule is CCCOCCC(C)(C)C. The van der Waals surface area contributed by atoms with Crippen LogP contribution in [0.25, 0.3) is 0 Å². The summed E-state index contributed by atoms with van der Waals surface area (Å²) in [5.74, 6) is 0. The monoisotopic (exact) mass is 144 g/mol. The number of hydrogen-bond donors (Lipinski definition) is 0. The first-order valence-electron chi connectivity index (χ1n) is 4.14. The van der Waals surface area contributed by atoms with Crippen LogP contribution in [0.3, 0.4) is 0 Å². The number of rotatable bonds is 4. The Morgan fingerprint density at radius 1 is 1.10 bits per heavy atom. The van der Waals surface area contributed by atoms with Crippen molar-refractivity contribution >= 4 is 0 Å². The van der Waals surface area contributed by atoms with Crippen LogP contribution in [0.5, 0.6) is 0 Å². The van der Waals surface area contributed by atoms with Gasteiger partial charge in [-0.15, -0.1) is 0 Å². The van der Waals surface area contributed by atoms with E-state index in [0.717, 1.165) is 26.1 Å². The van der Waals surface area contributed by atoms with Gasteiger partial charge in [0, 0.05) is 13.2 Å². The van der Waals surface area contributed by atoms with Crippen molar-refractivity contribution in [2.24, 2.45) is 5.41 Å². The summed E-state index contributed by atoms with van der Waals surface area (Å²) in [7, 11) is 0. The molecule has 0 heterocycles. The van der Waals surface area contributed by atoms with E-state index in [-0.39, 0.29) is 0 Å². The smallest absolute Gasteiger partial charge is 0.0471 e. The van der Waals surface area contributed by atoms with Crippen molar-refractivity contribution in [3.8, 4) is 0 Å². The Morgan fingerprint density at radius 3 is 2.10 bits per heavy atom. The van der Waals surface area contributed by atoms with E-state index in [4.69, 9.17) is 4.74 Å². The average Bonchev–Trinajstić information content (AvgIpc) is 1.78. The van der Waals surface area contributed by atoms with Crippen LogP contribution in [0, 0.1) is 5.41 Å². The average molecular weight is 144 g/mol. The molecule has 0 amide bonds. The summed E-state index contributed by atoms with van der Waals surface area (Å²) in [4.78, 5) is 0. The molecule has 0 spiro atoms. The predicted molar refractivity (Wildman–Crippen MR) is 45.2 cm³/mol. The van der Waals surface area contributed by atoms with Crippen LogP contribution in [0.15, 0.2) is 0 Å². The highest BCUT2D eigenvalue weighted by Crippen LogP contribution is 2.17. The van der Waals surface area contributed by atoms with E-state index in [1.54, 1.807) is 0 Å². The van der Waals surface area contributed by atoms with Crippen LogP contribution < -0.4 is 0 Å². The van der Waals surface area contributed by atoms with Gasteiger partial charge in [-0.2, -0.15) is 0 Å². The van der Waals surface area contributed by atoms with Gasteiger partial charge in [-0.25, -0.2) is 0 Å². The van der Waals surface area contributed by atoms with Crippen molar-refractivity contribution in [2.75, 3.05) is 13.2 Å². The Hall–Kier alpha value is -0.0400. The summed E-state index contributed by atoms with van der Waals surface area (Å²) in [6.45, 7) is 10.7. The van der Waals surface area contributed by atoms with Gasteiger partial charge in [-0.1, -0.05) is 27.7 Å². The van der Waals surface area contributed by atoms with Gasteiger partial charge in [-0.05, 0) is 18.3 Å². The Morgan fingerprint density at radius 2 is 1.70 bits per heavy atom. The number of ether oxygens (including phenoxy) is 1. The molecule has 0 aromatic carbocycles. The molecule has 0 aromatic heterocycles. The second kappa shape index (κ2) is 4.73. The topological polar surface area (TPSA) is 9.23 Å². The Kier molecular flexibility index (Phi) is 4.71. The minimum absolute atomic E-state index is 0.424. The molecule has 0 unspecified atom stereocenters. The fourth-order valence-electron chi connectivity index (χ4n) is 0.625. The van der Waals surface area contributed by atoms with Crippen LogP contribution >= 0.6 is 0 Å². The van der Waals surface area contributed by atoms with Gasteiger partial charge in [0.15, 0.2) is 0 Å². The molecule has 0 aromatic rings. The zero-order chi connectivity index (χ0) is 8.04. The van der Waals surface area contributed by atoms with Crippen LogP contribution in [-0.2, 0) is 4.74 Å². The van der Waals surface area contributed by atoms with Crippen LogP contribution in [0.4, 0.5) is 0 Å². The summed E-state index contributed by atoms with van der Waals surface area (Å²) in [5.41, 5.74) is 0.424. The minimum atomic E-state index is 0.424. The third-order valence-electron chi connectivity index (χ3n) is 1.34. The summed E-state index contributed by atoms with van der Waals surface area (Å²) >= 11 is 0. The van der Waals surface area contributed by atoms with Gasteiger partial charge in [0.2, 0.25) is 0 Å². The second-order valence-electron chi connectivity index (χ2n) is 3.92. The number of hydrogen-bond acceptors (Lipinski definition) is 1. The first kappa shape index (κ1) is 9.96. The van der Waals surface area contributed by atoms with E-state index in [2.05, 4.69) is 27.7 Å². The molecule has 0 aliphatic rings. The third kappa shape index (κ3) is 7.96. The molecule has 1 nitrogen and oxygen atoms in total. The van der Waals surface area contributed by atoms with Crippen molar-refractivity contribution in [2.45, 2.75) is 40.5 Å². The van der Waals surface area contributed by atoms with Gasteiger partial charge >= 0.3 is 0 Å². The Bertz CT molecular complexity index is 71.3. The second-order valence-corrected chi connectivity index (χ2v) is 3.92. The maximum atomic E-state index is 5.36. The first-order chi connectivity index (χ1) is 4.56. The molecule has 0 N–H and O–H groups in total. The summed E-state index contributed by atoms with van der Waals surface area (Å²) in [6.07, 6.45) is 2.29. The summed E-state index contributed by atoms with van der Waals surface area (Å²) < 4.78 is 5.36. The highest BCUT2D eigenvalue weighted by molar-refractivity contribution is 4.59. The maximum absolute atomic E-state index is 5.36. The van der Waals surface area contributed by atoms with E-state index in [9.17, 15) is 0 Å². The maximum Gasteiger partial charge on any atom is 0.0471 e. The van der Waals surface area contributed by atoms with Crippen molar-refractivity contribution in [1.29, 1.82) is 0 Å². The van der Waals surface area contributed by atoms with E-state index >= 15 is 0 Å². The van der Waals surface area contributed by atoms with Crippen LogP contribution in [-0.4, -0.2) is 13.2 Å². The predicted octanol–water partition coefficient (Wildman–Crippen LogP) is 2.85. The van der Waals surface area contributed by atoms with Gasteiger partial charge in [0.05, 0.1) is 0 Å². The molecule has 0 fully saturated rings. The highest BCUT2D eigenvalue weighted by atomic mass is 16.5. The summed E-state index contributed by atoms with van der Waals surface area (Å²) in [6, 6.07) is 0. The van der Waals surface area contributed by atoms with Crippen molar-refractivity contribution in [3.63, 3.8) is 0 Å². The molecule has 1 heteroatoms. The quantitative estimate of drug-likeness (QED) is 0.551. The molecule has 0 aliphatic heterocycles. The molecular weight excluding hydrogens is 124 g/mol. The standard InChI is InChI=1S/C9H20O/c1-5-7-10-8-6-9(2,3)4/h5-8H2,1-4H3. The molecule has 0 radical (unpaired) electrons. The molecule has 0 atom stereocenters. The van der Waals surface area contributed by atoms with E-state index < -0.39 is 0 Å². The van der Waals surface area contributed by atoms with E-state index in [0.29, 0.717) is 5.41 Å². The summed E-state index contributed by atoms with van der Waals surface area (Å²) in [5, 5.41) is 0. The van der Waals surface area contributed by atoms with Crippen LogP contribution in [0.2, 0.25) is 0 Å². The normalized spacial score (nSPS) is 12.0. The molecule has 0 saturated carbocycles. The van der Waals surface area contributed by atoms with Crippen molar-refractivity contribution < 1.29 is 4.74 Å². The third-order valence-corrected chi connectivity index (χ3v) is 1.34. The van der Waals surface area contributed by atoms with Crippen molar-refractivity contribution in [1.82, 2.24) is 0 Å². The zero-order valence-electron chi connectivity index (χ0n) is 7.74. The van der Waals surface area contributed by atoms with Gasteiger partial charge in [0.25, 0.3) is 0 Å². The molecule has 0 rings (SSSR count).